The zero-order valence-corrected chi connectivity index (χ0v) is 11.4. The van der Waals surface area contributed by atoms with Gasteiger partial charge in [-0.1, -0.05) is 0 Å². The van der Waals surface area contributed by atoms with Gasteiger partial charge in [0.15, 0.2) is 0 Å². The number of hydrogen-bond donors (Lipinski definition) is 1. The maximum Gasteiger partial charge on any atom is 0.275 e. The van der Waals surface area contributed by atoms with E-state index < -0.39 is 11.5 Å². The average molecular weight is 283 g/mol. The lowest BCUT2D eigenvalue weighted by atomic mass is 10.1. The van der Waals surface area contributed by atoms with Crippen LogP contribution in [0.3, 0.4) is 0 Å². The van der Waals surface area contributed by atoms with Gasteiger partial charge in [-0.15, -0.1) is 0 Å². The minimum Gasteiger partial charge on any atom is -0.391 e. The van der Waals surface area contributed by atoms with Gasteiger partial charge in [0.25, 0.3) is 5.69 Å². The number of anilines is 2. The molecule has 2 aromatic rings. The van der Waals surface area contributed by atoms with Crippen LogP contribution >= 0.6 is 0 Å². The molecule has 0 heterocycles. The summed E-state index contributed by atoms with van der Waals surface area (Å²) in [5.41, 5.74) is 2.28. The highest BCUT2D eigenvalue weighted by molar-refractivity contribution is 5.65. The van der Waals surface area contributed by atoms with Gasteiger partial charge in [-0.25, -0.2) is 0 Å². The Hall–Kier alpha value is -2.91. The summed E-state index contributed by atoms with van der Waals surface area (Å²) in [6, 6.07) is 13.6. The molecule has 6 heteroatoms. The third-order valence-electron chi connectivity index (χ3n) is 3.20. The molecule has 0 aromatic heterocycles. The second-order valence-electron chi connectivity index (χ2n) is 4.45. The quantitative estimate of drug-likeness (QED) is 0.688. The van der Waals surface area contributed by atoms with E-state index in [-0.39, 0.29) is 11.3 Å². The molecular weight excluding hydrogens is 270 g/mol. The Morgan fingerprint density at radius 2 is 1.86 bits per heavy atom. The van der Waals surface area contributed by atoms with E-state index in [1.165, 1.54) is 6.07 Å². The number of nitrogens with zero attached hydrogens (tertiary/aromatic N) is 3. The Morgan fingerprint density at radius 3 is 2.38 bits per heavy atom. The number of aliphatic hydroxyl groups excluding tert-OH is 1. The predicted molar refractivity (Wildman–Crippen MR) is 78.2 cm³/mol. The maximum absolute atomic E-state index is 10.9. The molecule has 0 unspecified atom stereocenters. The predicted octanol–water partition coefficient (Wildman–Crippen LogP) is 2.73. The lowest BCUT2D eigenvalue weighted by Crippen LogP contribution is -2.10. The number of nitro groups is 1. The lowest BCUT2D eigenvalue weighted by Gasteiger charge is -2.20. The van der Waals surface area contributed by atoms with Gasteiger partial charge in [-0.05, 0) is 36.4 Å². The molecule has 0 aliphatic carbocycles. The van der Waals surface area contributed by atoms with E-state index in [2.05, 4.69) is 0 Å². The first-order valence-corrected chi connectivity index (χ1v) is 6.19. The molecule has 2 rings (SSSR count). The van der Waals surface area contributed by atoms with Crippen molar-refractivity contribution in [3.8, 4) is 6.07 Å². The van der Waals surface area contributed by atoms with Crippen molar-refractivity contribution in [2.45, 2.75) is 6.61 Å². The number of rotatable bonds is 4. The molecule has 0 bridgehead atoms. The third kappa shape index (κ3) is 2.99. The van der Waals surface area contributed by atoms with Crippen molar-refractivity contribution in [1.29, 1.82) is 5.26 Å². The molecule has 0 atom stereocenters. The van der Waals surface area contributed by atoms with E-state index in [1.54, 1.807) is 36.4 Å². The van der Waals surface area contributed by atoms with E-state index in [1.807, 2.05) is 18.0 Å². The second-order valence-corrected chi connectivity index (χ2v) is 4.45. The number of benzene rings is 2. The van der Waals surface area contributed by atoms with Gasteiger partial charge in [0.1, 0.15) is 0 Å². The molecule has 0 saturated heterocycles. The molecule has 0 radical (unpaired) electrons. The number of nitro benzene ring substituents is 1. The molecule has 0 amide bonds. The Bertz CT molecular complexity index is 705. The van der Waals surface area contributed by atoms with Crippen molar-refractivity contribution in [3.63, 3.8) is 0 Å². The summed E-state index contributed by atoms with van der Waals surface area (Å²) >= 11 is 0. The minimum absolute atomic E-state index is 0.102. The van der Waals surface area contributed by atoms with Crippen LogP contribution in [0, 0.1) is 21.4 Å². The molecule has 21 heavy (non-hydrogen) atoms. The van der Waals surface area contributed by atoms with E-state index in [9.17, 15) is 15.2 Å². The monoisotopic (exact) mass is 283 g/mol. The number of hydrogen-bond acceptors (Lipinski definition) is 5. The molecule has 0 fully saturated rings. The van der Waals surface area contributed by atoms with Gasteiger partial charge in [0.2, 0.25) is 0 Å². The zero-order chi connectivity index (χ0) is 15.4. The third-order valence-corrected chi connectivity index (χ3v) is 3.20. The van der Waals surface area contributed by atoms with Crippen molar-refractivity contribution < 1.29 is 10.0 Å². The molecule has 0 aliphatic heterocycles. The summed E-state index contributed by atoms with van der Waals surface area (Å²) < 4.78 is 0. The first-order chi connectivity index (χ1) is 10.1. The van der Waals surface area contributed by atoms with E-state index in [0.29, 0.717) is 11.3 Å². The summed E-state index contributed by atoms with van der Waals surface area (Å²) in [5, 5.41) is 28.9. The van der Waals surface area contributed by atoms with Crippen molar-refractivity contribution in [2.24, 2.45) is 0 Å². The van der Waals surface area contributed by atoms with Crippen LogP contribution in [0.1, 0.15) is 11.1 Å². The average Bonchev–Trinajstić information content (AvgIpc) is 2.53. The number of nitriles is 1. The summed E-state index contributed by atoms with van der Waals surface area (Å²) in [4.78, 5) is 12.2. The highest BCUT2D eigenvalue weighted by Gasteiger charge is 2.15. The minimum atomic E-state index is -0.517. The molecule has 2 aromatic carbocycles. The SMILES string of the molecule is CN(c1ccc(C#N)cc1)c1ccc([N+](=O)[O-])c(CO)c1. The van der Waals surface area contributed by atoms with Crippen LogP contribution in [-0.4, -0.2) is 17.1 Å². The first-order valence-electron chi connectivity index (χ1n) is 6.19. The highest BCUT2D eigenvalue weighted by Crippen LogP contribution is 2.29. The van der Waals surface area contributed by atoms with E-state index in [4.69, 9.17) is 5.26 Å². The largest absolute Gasteiger partial charge is 0.391 e. The number of aliphatic hydroxyl groups is 1. The maximum atomic E-state index is 10.9. The Morgan fingerprint density at radius 1 is 1.24 bits per heavy atom. The normalized spacial score (nSPS) is 9.95. The van der Waals surface area contributed by atoms with Crippen LogP contribution in [0.5, 0.6) is 0 Å². The van der Waals surface area contributed by atoms with Crippen LogP contribution in [0.4, 0.5) is 17.1 Å². The van der Waals surface area contributed by atoms with Gasteiger partial charge in [0, 0.05) is 24.5 Å². The van der Waals surface area contributed by atoms with E-state index >= 15 is 0 Å². The fraction of sp³-hybridized carbons (Fsp3) is 0.133. The summed E-state index contributed by atoms with van der Waals surface area (Å²) in [7, 11) is 1.81. The molecule has 0 aliphatic rings. The van der Waals surface area contributed by atoms with Crippen LogP contribution in [-0.2, 0) is 6.61 Å². The Labute approximate surface area is 121 Å². The molecule has 106 valence electrons. The summed E-state index contributed by atoms with van der Waals surface area (Å²) in [6.07, 6.45) is 0. The molecule has 0 saturated carbocycles. The standard InChI is InChI=1S/C15H13N3O3/c1-17(13-4-2-11(9-16)3-5-13)14-6-7-15(18(20)21)12(8-14)10-19/h2-8,19H,10H2,1H3. The van der Waals surface area contributed by atoms with Crippen LogP contribution in [0.15, 0.2) is 42.5 Å². The van der Waals surface area contributed by atoms with Crippen molar-refractivity contribution in [2.75, 3.05) is 11.9 Å². The molecule has 1 N–H and O–H groups in total. The van der Waals surface area contributed by atoms with Crippen LogP contribution in [0.25, 0.3) is 0 Å². The topological polar surface area (TPSA) is 90.4 Å². The van der Waals surface area contributed by atoms with E-state index in [0.717, 1.165) is 5.69 Å². The van der Waals surface area contributed by atoms with Gasteiger partial charge < -0.3 is 10.0 Å². The fourth-order valence-corrected chi connectivity index (χ4v) is 1.99. The van der Waals surface area contributed by atoms with Crippen molar-refractivity contribution in [1.82, 2.24) is 0 Å². The Kier molecular flexibility index (Phi) is 4.16. The van der Waals surface area contributed by atoms with Crippen LogP contribution in [0.2, 0.25) is 0 Å². The smallest absolute Gasteiger partial charge is 0.275 e. The highest BCUT2D eigenvalue weighted by atomic mass is 16.6. The van der Waals surface area contributed by atoms with Crippen molar-refractivity contribution >= 4 is 17.1 Å². The summed E-state index contributed by atoms with van der Waals surface area (Å²) in [6.45, 7) is -0.397. The lowest BCUT2D eigenvalue weighted by molar-refractivity contribution is -0.385. The van der Waals surface area contributed by atoms with Crippen LogP contribution < -0.4 is 4.90 Å². The van der Waals surface area contributed by atoms with Crippen molar-refractivity contribution in [3.05, 3.63) is 63.7 Å². The zero-order valence-electron chi connectivity index (χ0n) is 11.4. The molecular formula is C15H13N3O3. The second kappa shape index (κ2) is 6.03. The van der Waals surface area contributed by atoms with Gasteiger partial charge in [-0.3, -0.25) is 10.1 Å². The summed E-state index contributed by atoms with van der Waals surface area (Å²) in [5.74, 6) is 0. The first kappa shape index (κ1) is 14.5. The van der Waals surface area contributed by atoms with Gasteiger partial charge in [0.05, 0.1) is 28.7 Å². The van der Waals surface area contributed by atoms with Gasteiger partial charge >= 0.3 is 0 Å². The van der Waals surface area contributed by atoms with Gasteiger partial charge in [-0.2, -0.15) is 5.26 Å². The fourth-order valence-electron chi connectivity index (χ4n) is 1.99. The molecule has 0 spiro atoms. The molecule has 6 nitrogen and oxygen atoms in total. The Balaban J connectivity index is 2.36.